The third-order valence-corrected chi connectivity index (χ3v) is 7.69. The number of ether oxygens (including phenoxy) is 1. The molecule has 0 unspecified atom stereocenters. The summed E-state index contributed by atoms with van der Waals surface area (Å²) in [6, 6.07) is 11.7. The van der Waals surface area contributed by atoms with Gasteiger partial charge in [0.15, 0.2) is 0 Å². The van der Waals surface area contributed by atoms with E-state index < -0.39 is 10.1 Å². The monoisotopic (exact) mass is 502 g/mol. The molecule has 192 valence electrons. The molecule has 0 radical (unpaired) electrons. The zero-order valence-electron chi connectivity index (χ0n) is 21.5. The number of rotatable bonds is 12. The van der Waals surface area contributed by atoms with E-state index in [2.05, 4.69) is 18.7 Å². The molecule has 0 spiro atoms. The molecule has 1 fully saturated rings. The van der Waals surface area contributed by atoms with Crippen LogP contribution in [0.2, 0.25) is 0 Å². The fourth-order valence-corrected chi connectivity index (χ4v) is 5.19. The fraction of sp³-hybridized carbons (Fsp3) is 0.519. The second-order valence-electron chi connectivity index (χ2n) is 9.42. The zero-order valence-corrected chi connectivity index (χ0v) is 22.3. The van der Waals surface area contributed by atoms with Gasteiger partial charge in [-0.25, -0.2) is 0 Å². The number of nitrogens with zero attached hydrogens (tertiary/aromatic N) is 2. The maximum Gasteiger partial charge on any atom is 0.339 e. The molecule has 7 nitrogen and oxygen atoms in total. The molecule has 0 aliphatic heterocycles. The van der Waals surface area contributed by atoms with Crippen molar-refractivity contribution in [2.45, 2.75) is 58.4 Å². The standard InChI is InChI=1S/C27H38N2O5S/c1-6-28(7-2)23-12-11-22(19-29(18-20(3)4)27(30)21-9-8-10-21)26(17-23)34-35(31,32)25-15-13-24(33-5)14-16-25/h11-17,20-21H,6-10,18-19H2,1-5H3. The second-order valence-corrected chi connectivity index (χ2v) is 11.0. The Kier molecular flexibility index (Phi) is 9.05. The largest absolute Gasteiger partial charge is 0.497 e. The van der Waals surface area contributed by atoms with Crippen LogP contribution in [0.15, 0.2) is 47.4 Å². The molecule has 0 heterocycles. The quantitative estimate of drug-likeness (QED) is 0.376. The van der Waals surface area contributed by atoms with E-state index in [0.29, 0.717) is 30.3 Å². The van der Waals surface area contributed by atoms with Gasteiger partial charge in [-0.3, -0.25) is 4.79 Å². The summed E-state index contributed by atoms with van der Waals surface area (Å²) in [7, 11) is -2.56. The van der Waals surface area contributed by atoms with Gasteiger partial charge in [0.05, 0.1) is 7.11 Å². The summed E-state index contributed by atoms with van der Waals surface area (Å²) >= 11 is 0. The maximum absolute atomic E-state index is 13.2. The number of carbonyl (C=O) groups excluding carboxylic acids is 1. The highest BCUT2D eigenvalue weighted by Crippen LogP contribution is 2.33. The summed E-state index contributed by atoms with van der Waals surface area (Å²) in [6.07, 6.45) is 2.92. The van der Waals surface area contributed by atoms with Gasteiger partial charge in [-0.05, 0) is 62.9 Å². The average Bonchev–Trinajstić information content (AvgIpc) is 2.79. The van der Waals surface area contributed by atoms with Crippen LogP contribution in [-0.4, -0.2) is 46.0 Å². The molecule has 0 N–H and O–H groups in total. The Morgan fingerprint density at radius 2 is 1.71 bits per heavy atom. The van der Waals surface area contributed by atoms with Crippen LogP contribution in [0, 0.1) is 11.8 Å². The Bertz CT molecular complexity index is 1090. The first kappa shape index (κ1) is 26.9. The number of methoxy groups -OCH3 is 1. The van der Waals surface area contributed by atoms with Crippen molar-refractivity contribution in [2.75, 3.05) is 31.6 Å². The van der Waals surface area contributed by atoms with Gasteiger partial charge in [0, 0.05) is 49.4 Å². The molecule has 1 amide bonds. The molecule has 0 saturated heterocycles. The molecule has 1 aliphatic rings. The van der Waals surface area contributed by atoms with E-state index in [9.17, 15) is 13.2 Å². The minimum absolute atomic E-state index is 0.0436. The number of hydrogen-bond donors (Lipinski definition) is 0. The van der Waals surface area contributed by atoms with Crippen LogP contribution in [0.4, 0.5) is 5.69 Å². The molecule has 0 atom stereocenters. The van der Waals surface area contributed by atoms with Crippen LogP contribution in [-0.2, 0) is 21.5 Å². The number of benzene rings is 2. The zero-order chi connectivity index (χ0) is 25.6. The molecule has 1 aliphatic carbocycles. The van der Waals surface area contributed by atoms with Crippen molar-refractivity contribution in [3.8, 4) is 11.5 Å². The highest BCUT2D eigenvalue weighted by atomic mass is 32.2. The molecule has 2 aromatic rings. The van der Waals surface area contributed by atoms with E-state index in [1.54, 1.807) is 18.2 Å². The van der Waals surface area contributed by atoms with Crippen LogP contribution in [0.5, 0.6) is 11.5 Å². The van der Waals surface area contributed by atoms with Crippen molar-refractivity contribution in [1.29, 1.82) is 0 Å². The Morgan fingerprint density at radius 3 is 2.23 bits per heavy atom. The molecule has 1 saturated carbocycles. The molecule has 2 aromatic carbocycles. The summed E-state index contributed by atoms with van der Waals surface area (Å²) in [5.74, 6) is 1.31. The van der Waals surface area contributed by atoms with Crippen LogP contribution >= 0.6 is 0 Å². The molecular weight excluding hydrogens is 464 g/mol. The van der Waals surface area contributed by atoms with E-state index in [1.807, 2.05) is 30.9 Å². The Hall–Kier alpha value is -2.74. The smallest absolute Gasteiger partial charge is 0.339 e. The minimum Gasteiger partial charge on any atom is -0.497 e. The lowest BCUT2D eigenvalue weighted by molar-refractivity contribution is -0.139. The third-order valence-electron chi connectivity index (χ3n) is 6.44. The van der Waals surface area contributed by atoms with Gasteiger partial charge >= 0.3 is 10.1 Å². The Balaban J connectivity index is 1.97. The maximum atomic E-state index is 13.2. The van der Waals surface area contributed by atoms with Gasteiger partial charge < -0.3 is 18.7 Å². The molecule has 35 heavy (non-hydrogen) atoms. The van der Waals surface area contributed by atoms with Gasteiger partial charge in [0.2, 0.25) is 5.91 Å². The van der Waals surface area contributed by atoms with Gasteiger partial charge in [-0.2, -0.15) is 8.42 Å². The van der Waals surface area contributed by atoms with E-state index in [4.69, 9.17) is 8.92 Å². The number of anilines is 1. The first-order valence-corrected chi connectivity index (χ1v) is 13.8. The fourth-order valence-electron chi connectivity index (χ4n) is 4.24. The summed E-state index contributed by atoms with van der Waals surface area (Å²) in [6.45, 7) is 10.7. The minimum atomic E-state index is -4.08. The lowest BCUT2D eigenvalue weighted by atomic mass is 9.84. The van der Waals surface area contributed by atoms with E-state index in [0.717, 1.165) is 38.0 Å². The average molecular weight is 503 g/mol. The lowest BCUT2D eigenvalue weighted by Gasteiger charge is -2.33. The summed E-state index contributed by atoms with van der Waals surface area (Å²) in [5, 5.41) is 0. The van der Waals surface area contributed by atoms with Crippen molar-refractivity contribution in [1.82, 2.24) is 4.90 Å². The van der Waals surface area contributed by atoms with Crippen molar-refractivity contribution < 1.29 is 22.1 Å². The highest BCUT2D eigenvalue weighted by Gasteiger charge is 2.30. The Labute approximate surface area is 210 Å². The van der Waals surface area contributed by atoms with Gasteiger partial charge in [0.1, 0.15) is 16.4 Å². The second kappa shape index (κ2) is 11.8. The van der Waals surface area contributed by atoms with E-state index in [1.165, 1.54) is 19.2 Å². The summed E-state index contributed by atoms with van der Waals surface area (Å²) in [4.78, 5) is 17.2. The Morgan fingerprint density at radius 1 is 1.06 bits per heavy atom. The number of amides is 1. The summed E-state index contributed by atoms with van der Waals surface area (Å²) in [5.41, 5.74) is 1.55. The van der Waals surface area contributed by atoms with E-state index in [-0.39, 0.29) is 22.5 Å². The van der Waals surface area contributed by atoms with Crippen molar-refractivity contribution in [3.63, 3.8) is 0 Å². The van der Waals surface area contributed by atoms with Gasteiger partial charge in [0.25, 0.3) is 0 Å². The van der Waals surface area contributed by atoms with Crippen LogP contribution in [0.25, 0.3) is 0 Å². The lowest BCUT2D eigenvalue weighted by Crippen LogP contribution is -2.40. The van der Waals surface area contributed by atoms with Crippen molar-refractivity contribution in [2.24, 2.45) is 11.8 Å². The predicted octanol–water partition coefficient (Wildman–Crippen LogP) is 5.09. The molecule has 0 bridgehead atoms. The molecule has 3 rings (SSSR count). The number of carbonyl (C=O) groups is 1. The third kappa shape index (κ3) is 6.69. The first-order valence-electron chi connectivity index (χ1n) is 12.4. The number of hydrogen-bond acceptors (Lipinski definition) is 6. The van der Waals surface area contributed by atoms with Crippen LogP contribution in [0.1, 0.15) is 52.5 Å². The van der Waals surface area contributed by atoms with Crippen molar-refractivity contribution >= 4 is 21.7 Å². The SMILES string of the molecule is CCN(CC)c1ccc(CN(CC(C)C)C(=O)C2CCC2)c(OS(=O)(=O)c2ccc(OC)cc2)c1. The summed E-state index contributed by atoms with van der Waals surface area (Å²) < 4.78 is 37.2. The van der Waals surface area contributed by atoms with Crippen LogP contribution in [0.3, 0.4) is 0 Å². The molecular formula is C27H38N2O5S. The van der Waals surface area contributed by atoms with E-state index >= 15 is 0 Å². The normalized spacial score (nSPS) is 13.9. The van der Waals surface area contributed by atoms with Gasteiger partial charge in [-0.15, -0.1) is 0 Å². The highest BCUT2D eigenvalue weighted by molar-refractivity contribution is 7.87. The van der Waals surface area contributed by atoms with Crippen molar-refractivity contribution in [3.05, 3.63) is 48.0 Å². The topological polar surface area (TPSA) is 76.2 Å². The van der Waals surface area contributed by atoms with Crippen LogP contribution < -0.4 is 13.8 Å². The molecule has 8 heteroatoms. The molecule has 0 aromatic heterocycles. The predicted molar refractivity (Wildman–Crippen MR) is 138 cm³/mol. The first-order chi connectivity index (χ1) is 16.7. The van der Waals surface area contributed by atoms with Gasteiger partial charge in [-0.1, -0.05) is 26.3 Å².